The molecule has 1 aliphatic heterocycles. The first-order valence-corrected chi connectivity index (χ1v) is 8.43. The minimum atomic E-state index is 0.0668. The summed E-state index contributed by atoms with van der Waals surface area (Å²) in [5, 5.41) is 2.91. The van der Waals surface area contributed by atoms with Crippen molar-refractivity contribution in [1.29, 1.82) is 0 Å². The van der Waals surface area contributed by atoms with Crippen molar-refractivity contribution in [2.45, 2.75) is 31.3 Å². The number of carbonyl (C=O) groups excluding carboxylic acids is 1. The van der Waals surface area contributed by atoms with E-state index in [1.165, 1.54) is 11.1 Å². The molecular weight excluding hydrogens is 302 g/mol. The third kappa shape index (κ3) is 2.73. The van der Waals surface area contributed by atoms with Crippen LogP contribution in [0, 0.1) is 0 Å². The molecule has 1 aliphatic carbocycles. The first-order chi connectivity index (χ1) is 11.7. The van der Waals surface area contributed by atoms with Gasteiger partial charge in [-0.15, -0.1) is 0 Å². The van der Waals surface area contributed by atoms with Crippen LogP contribution < -0.4 is 14.8 Å². The SMILES string of the molecule is COc1ccc(C2CNC(=O)C2)c(OC2CCc3ccccc32)c1. The molecule has 0 saturated carbocycles. The summed E-state index contributed by atoms with van der Waals surface area (Å²) in [6.07, 6.45) is 2.61. The van der Waals surface area contributed by atoms with E-state index in [1.54, 1.807) is 7.11 Å². The molecule has 1 fully saturated rings. The van der Waals surface area contributed by atoms with Crippen LogP contribution in [-0.4, -0.2) is 19.6 Å². The highest BCUT2D eigenvalue weighted by atomic mass is 16.5. The molecule has 2 unspecified atom stereocenters. The van der Waals surface area contributed by atoms with Crippen molar-refractivity contribution in [2.24, 2.45) is 0 Å². The molecule has 2 aromatic rings. The lowest BCUT2D eigenvalue weighted by Gasteiger charge is -2.20. The smallest absolute Gasteiger partial charge is 0.220 e. The fraction of sp³-hybridized carbons (Fsp3) is 0.350. The van der Waals surface area contributed by atoms with Gasteiger partial charge in [0.1, 0.15) is 17.6 Å². The van der Waals surface area contributed by atoms with Crippen molar-refractivity contribution >= 4 is 5.91 Å². The van der Waals surface area contributed by atoms with Crippen LogP contribution in [0.25, 0.3) is 0 Å². The summed E-state index contributed by atoms with van der Waals surface area (Å²) in [6.45, 7) is 0.669. The molecule has 1 N–H and O–H groups in total. The zero-order valence-corrected chi connectivity index (χ0v) is 13.7. The maximum Gasteiger partial charge on any atom is 0.220 e. The number of amides is 1. The highest BCUT2D eigenvalue weighted by Gasteiger charge is 2.29. The number of ether oxygens (including phenoxy) is 2. The summed E-state index contributed by atoms with van der Waals surface area (Å²) in [5.74, 6) is 1.87. The standard InChI is InChI=1S/C20H21NO3/c1-23-15-7-8-17(14-10-20(22)21-12-14)19(11-15)24-18-9-6-13-4-2-3-5-16(13)18/h2-5,7-8,11,14,18H,6,9-10,12H2,1H3,(H,21,22). The van der Waals surface area contributed by atoms with Gasteiger partial charge in [-0.3, -0.25) is 4.79 Å². The van der Waals surface area contributed by atoms with Crippen molar-refractivity contribution in [3.8, 4) is 11.5 Å². The van der Waals surface area contributed by atoms with Gasteiger partial charge < -0.3 is 14.8 Å². The van der Waals surface area contributed by atoms with Crippen molar-refractivity contribution in [2.75, 3.05) is 13.7 Å². The second-order valence-electron chi connectivity index (χ2n) is 6.45. The maximum absolute atomic E-state index is 11.6. The Bertz CT molecular complexity index is 771. The summed E-state index contributed by atoms with van der Waals surface area (Å²) in [6, 6.07) is 14.4. The van der Waals surface area contributed by atoms with E-state index in [2.05, 4.69) is 29.6 Å². The van der Waals surface area contributed by atoms with Gasteiger partial charge in [0.05, 0.1) is 7.11 Å². The zero-order chi connectivity index (χ0) is 16.5. The minimum absolute atomic E-state index is 0.0668. The molecule has 0 aromatic heterocycles. The highest BCUT2D eigenvalue weighted by molar-refractivity contribution is 5.79. The number of benzene rings is 2. The molecule has 0 bridgehead atoms. The van der Waals surface area contributed by atoms with Gasteiger partial charge >= 0.3 is 0 Å². The average Bonchev–Trinajstić information content (AvgIpc) is 3.22. The van der Waals surface area contributed by atoms with Crippen LogP contribution in [0.1, 0.15) is 41.6 Å². The molecule has 2 atom stereocenters. The maximum atomic E-state index is 11.6. The summed E-state index contributed by atoms with van der Waals surface area (Å²) >= 11 is 0. The molecule has 2 aliphatic rings. The molecule has 1 amide bonds. The number of aryl methyl sites for hydroxylation is 1. The Morgan fingerprint density at radius 1 is 1.12 bits per heavy atom. The van der Waals surface area contributed by atoms with E-state index in [0.29, 0.717) is 13.0 Å². The molecule has 1 saturated heterocycles. The largest absolute Gasteiger partial charge is 0.497 e. The quantitative estimate of drug-likeness (QED) is 0.938. The number of rotatable bonds is 4. The normalized spacial score (nSPS) is 22.1. The van der Waals surface area contributed by atoms with Gasteiger partial charge in [-0.1, -0.05) is 30.3 Å². The topological polar surface area (TPSA) is 47.6 Å². The predicted octanol–water partition coefficient (Wildman–Crippen LogP) is 3.37. The highest BCUT2D eigenvalue weighted by Crippen LogP contribution is 2.40. The summed E-state index contributed by atoms with van der Waals surface area (Å²) in [7, 11) is 1.66. The lowest BCUT2D eigenvalue weighted by Crippen LogP contribution is -2.14. The fourth-order valence-corrected chi connectivity index (χ4v) is 3.70. The number of nitrogens with one attached hydrogen (secondary N) is 1. The third-order valence-corrected chi connectivity index (χ3v) is 4.99. The molecule has 24 heavy (non-hydrogen) atoms. The van der Waals surface area contributed by atoms with E-state index in [1.807, 2.05) is 18.2 Å². The van der Waals surface area contributed by atoms with Gasteiger partial charge in [-0.05, 0) is 35.6 Å². The molecule has 2 aromatic carbocycles. The van der Waals surface area contributed by atoms with Crippen LogP contribution in [0.4, 0.5) is 0 Å². The third-order valence-electron chi connectivity index (χ3n) is 4.99. The summed E-state index contributed by atoms with van der Waals surface area (Å²) in [4.78, 5) is 11.6. The molecular formula is C20H21NO3. The van der Waals surface area contributed by atoms with E-state index < -0.39 is 0 Å². The Hall–Kier alpha value is -2.49. The Morgan fingerprint density at radius 3 is 2.79 bits per heavy atom. The molecule has 4 nitrogen and oxygen atoms in total. The molecule has 0 spiro atoms. The Labute approximate surface area is 141 Å². The van der Waals surface area contributed by atoms with Crippen molar-refractivity contribution in [3.05, 3.63) is 59.2 Å². The average molecular weight is 323 g/mol. The first-order valence-electron chi connectivity index (χ1n) is 8.43. The van der Waals surface area contributed by atoms with Gasteiger partial charge in [0.15, 0.2) is 0 Å². The molecule has 124 valence electrons. The molecule has 4 heteroatoms. The van der Waals surface area contributed by atoms with E-state index in [9.17, 15) is 4.79 Å². The number of methoxy groups -OCH3 is 1. The number of fused-ring (bicyclic) bond motifs is 1. The summed E-state index contributed by atoms with van der Waals surface area (Å²) < 4.78 is 11.8. The van der Waals surface area contributed by atoms with Gasteiger partial charge in [0, 0.05) is 24.9 Å². The second-order valence-corrected chi connectivity index (χ2v) is 6.45. The molecule has 4 rings (SSSR count). The monoisotopic (exact) mass is 323 g/mol. The van der Waals surface area contributed by atoms with Crippen LogP contribution >= 0.6 is 0 Å². The van der Waals surface area contributed by atoms with Crippen molar-refractivity contribution in [3.63, 3.8) is 0 Å². The Kier molecular flexibility index (Phi) is 3.89. The fourth-order valence-electron chi connectivity index (χ4n) is 3.70. The Balaban J connectivity index is 1.65. The van der Waals surface area contributed by atoms with E-state index in [-0.39, 0.29) is 17.9 Å². The van der Waals surface area contributed by atoms with Crippen LogP contribution in [0.2, 0.25) is 0 Å². The predicted molar refractivity (Wildman–Crippen MR) is 91.5 cm³/mol. The number of hydrogen-bond donors (Lipinski definition) is 1. The van der Waals surface area contributed by atoms with Crippen LogP contribution in [0.15, 0.2) is 42.5 Å². The van der Waals surface area contributed by atoms with Gasteiger partial charge in [0.25, 0.3) is 0 Å². The van der Waals surface area contributed by atoms with Gasteiger partial charge in [-0.25, -0.2) is 0 Å². The van der Waals surface area contributed by atoms with Crippen molar-refractivity contribution in [1.82, 2.24) is 5.32 Å². The minimum Gasteiger partial charge on any atom is -0.497 e. The lowest BCUT2D eigenvalue weighted by molar-refractivity contribution is -0.119. The van der Waals surface area contributed by atoms with Crippen molar-refractivity contribution < 1.29 is 14.3 Å². The second kappa shape index (κ2) is 6.19. The molecule has 0 radical (unpaired) electrons. The zero-order valence-electron chi connectivity index (χ0n) is 13.7. The van der Waals surface area contributed by atoms with Crippen LogP contribution in [-0.2, 0) is 11.2 Å². The van der Waals surface area contributed by atoms with Crippen LogP contribution in [0.3, 0.4) is 0 Å². The lowest BCUT2D eigenvalue weighted by atomic mass is 9.97. The number of hydrogen-bond acceptors (Lipinski definition) is 3. The molecule has 1 heterocycles. The van der Waals surface area contributed by atoms with Gasteiger partial charge in [-0.2, -0.15) is 0 Å². The Morgan fingerprint density at radius 2 is 2.00 bits per heavy atom. The van der Waals surface area contributed by atoms with E-state index >= 15 is 0 Å². The van der Waals surface area contributed by atoms with Crippen LogP contribution in [0.5, 0.6) is 11.5 Å². The summed E-state index contributed by atoms with van der Waals surface area (Å²) in [5.41, 5.74) is 3.72. The van der Waals surface area contributed by atoms with Gasteiger partial charge in [0.2, 0.25) is 5.91 Å². The number of carbonyl (C=O) groups is 1. The van der Waals surface area contributed by atoms with E-state index in [0.717, 1.165) is 29.9 Å². The first kappa shape index (κ1) is 15.1. The van der Waals surface area contributed by atoms with E-state index in [4.69, 9.17) is 9.47 Å².